The van der Waals surface area contributed by atoms with Crippen molar-refractivity contribution in [1.29, 1.82) is 0 Å². The highest BCUT2D eigenvalue weighted by Crippen LogP contribution is 1.97. The number of nitrogens with two attached hydrogens (primary N) is 1. The molecule has 0 bridgehead atoms. The molecule has 4 N–H and O–H groups in total. The molecule has 0 saturated carbocycles. The average Bonchev–Trinajstić information content (AvgIpc) is 2.10. The first-order valence-electron chi connectivity index (χ1n) is 4.97. The molecule has 0 radical (unpaired) electrons. The Bertz CT molecular complexity index is 151. The molecule has 84 valence electrons. The van der Waals surface area contributed by atoms with E-state index in [4.69, 9.17) is 10.8 Å². The summed E-state index contributed by atoms with van der Waals surface area (Å²) in [4.78, 5) is 10.9. The highest BCUT2D eigenvalue weighted by atomic mass is 16.6. The lowest BCUT2D eigenvalue weighted by Crippen LogP contribution is -2.32. The molecule has 14 heavy (non-hydrogen) atoms. The van der Waals surface area contributed by atoms with Crippen molar-refractivity contribution in [3.05, 3.63) is 0 Å². The SMILES string of the molecule is C[C@@H](N)OC(=O)NCCCCCCO. The van der Waals surface area contributed by atoms with Crippen molar-refractivity contribution >= 4 is 6.09 Å². The van der Waals surface area contributed by atoms with Crippen molar-refractivity contribution in [3.63, 3.8) is 0 Å². The number of carbonyl (C=O) groups is 1. The van der Waals surface area contributed by atoms with Crippen LogP contribution in [0.1, 0.15) is 32.6 Å². The quantitative estimate of drug-likeness (QED) is 0.418. The Morgan fingerprint density at radius 3 is 2.64 bits per heavy atom. The molecule has 0 unspecified atom stereocenters. The van der Waals surface area contributed by atoms with Crippen molar-refractivity contribution in [2.75, 3.05) is 13.2 Å². The molecule has 0 aromatic carbocycles. The minimum atomic E-state index is -0.565. The minimum absolute atomic E-state index is 0.236. The van der Waals surface area contributed by atoms with Gasteiger partial charge in [-0.15, -0.1) is 0 Å². The third-order valence-electron chi connectivity index (χ3n) is 1.65. The number of hydrogen-bond donors (Lipinski definition) is 3. The van der Waals surface area contributed by atoms with Crippen LogP contribution in [0.5, 0.6) is 0 Å². The number of aliphatic hydroxyl groups excluding tert-OH is 1. The Morgan fingerprint density at radius 2 is 2.07 bits per heavy atom. The van der Waals surface area contributed by atoms with Crippen LogP contribution in [0.25, 0.3) is 0 Å². The van der Waals surface area contributed by atoms with Crippen LogP contribution in [-0.2, 0) is 4.74 Å². The van der Waals surface area contributed by atoms with Crippen molar-refractivity contribution < 1.29 is 14.6 Å². The number of amides is 1. The Morgan fingerprint density at radius 1 is 1.43 bits per heavy atom. The van der Waals surface area contributed by atoms with Gasteiger partial charge in [0.25, 0.3) is 0 Å². The molecular weight excluding hydrogens is 184 g/mol. The molecule has 0 aromatic rings. The van der Waals surface area contributed by atoms with Gasteiger partial charge in [-0.05, 0) is 19.8 Å². The van der Waals surface area contributed by atoms with E-state index in [9.17, 15) is 4.79 Å². The summed E-state index contributed by atoms with van der Waals surface area (Å²) < 4.78 is 4.67. The minimum Gasteiger partial charge on any atom is -0.431 e. The van der Waals surface area contributed by atoms with Crippen LogP contribution in [-0.4, -0.2) is 30.6 Å². The zero-order valence-corrected chi connectivity index (χ0v) is 8.66. The second kappa shape index (κ2) is 8.77. The van der Waals surface area contributed by atoms with Crippen LogP contribution in [0.4, 0.5) is 4.79 Å². The maximum absolute atomic E-state index is 10.9. The number of unbranched alkanes of at least 4 members (excludes halogenated alkanes) is 3. The fourth-order valence-electron chi connectivity index (χ4n) is 0.991. The fraction of sp³-hybridized carbons (Fsp3) is 0.889. The van der Waals surface area contributed by atoms with E-state index in [1.165, 1.54) is 0 Å². The van der Waals surface area contributed by atoms with E-state index in [0.29, 0.717) is 6.54 Å². The normalized spacial score (nSPS) is 12.2. The maximum atomic E-state index is 10.9. The van der Waals surface area contributed by atoms with Crippen molar-refractivity contribution in [1.82, 2.24) is 5.32 Å². The highest BCUT2D eigenvalue weighted by molar-refractivity contribution is 5.67. The van der Waals surface area contributed by atoms with Gasteiger partial charge in [0, 0.05) is 13.2 Å². The number of rotatable bonds is 7. The van der Waals surface area contributed by atoms with Crippen LogP contribution in [0.15, 0.2) is 0 Å². The van der Waals surface area contributed by atoms with E-state index >= 15 is 0 Å². The van der Waals surface area contributed by atoms with E-state index in [-0.39, 0.29) is 6.61 Å². The Kier molecular flexibility index (Phi) is 8.27. The van der Waals surface area contributed by atoms with Crippen LogP contribution in [0.2, 0.25) is 0 Å². The van der Waals surface area contributed by atoms with E-state index in [1.54, 1.807) is 6.92 Å². The molecule has 5 nitrogen and oxygen atoms in total. The van der Waals surface area contributed by atoms with Gasteiger partial charge in [0.2, 0.25) is 0 Å². The van der Waals surface area contributed by atoms with Gasteiger partial charge < -0.3 is 15.2 Å². The van der Waals surface area contributed by atoms with Gasteiger partial charge in [0.1, 0.15) is 6.23 Å². The molecule has 0 saturated heterocycles. The lowest BCUT2D eigenvalue weighted by molar-refractivity contribution is 0.110. The summed E-state index contributed by atoms with van der Waals surface area (Å²) in [5.41, 5.74) is 5.25. The molecule has 0 fully saturated rings. The van der Waals surface area contributed by atoms with Crippen LogP contribution >= 0.6 is 0 Å². The van der Waals surface area contributed by atoms with Gasteiger partial charge >= 0.3 is 6.09 Å². The molecule has 0 aliphatic heterocycles. The van der Waals surface area contributed by atoms with Crippen LogP contribution in [0, 0.1) is 0 Å². The fourth-order valence-corrected chi connectivity index (χ4v) is 0.991. The topological polar surface area (TPSA) is 84.6 Å². The third-order valence-corrected chi connectivity index (χ3v) is 1.65. The molecule has 0 heterocycles. The number of ether oxygens (including phenoxy) is 1. The summed E-state index contributed by atoms with van der Waals surface area (Å²) in [6, 6.07) is 0. The number of aliphatic hydroxyl groups is 1. The summed E-state index contributed by atoms with van der Waals surface area (Å²) in [5, 5.41) is 11.1. The van der Waals surface area contributed by atoms with Gasteiger partial charge in [-0.1, -0.05) is 12.8 Å². The summed E-state index contributed by atoms with van der Waals surface area (Å²) in [5.74, 6) is 0. The summed E-state index contributed by atoms with van der Waals surface area (Å²) in [7, 11) is 0. The van der Waals surface area contributed by atoms with Gasteiger partial charge in [-0.25, -0.2) is 4.79 Å². The van der Waals surface area contributed by atoms with Gasteiger partial charge in [-0.2, -0.15) is 0 Å². The average molecular weight is 204 g/mol. The third kappa shape index (κ3) is 9.28. The molecule has 0 aliphatic carbocycles. The van der Waals surface area contributed by atoms with E-state index in [0.717, 1.165) is 25.7 Å². The van der Waals surface area contributed by atoms with Gasteiger partial charge in [-0.3, -0.25) is 5.73 Å². The standard InChI is InChI=1S/C9H20N2O3/c1-8(10)14-9(13)11-6-4-2-3-5-7-12/h8,12H,2-7,10H2,1H3,(H,11,13)/t8-/m0/s1. The molecule has 5 heteroatoms. The van der Waals surface area contributed by atoms with Crippen molar-refractivity contribution in [2.45, 2.75) is 38.8 Å². The molecular formula is C9H20N2O3. The van der Waals surface area contributed by atoms with Crippen LogP contribution in [0.3, 0.4) is 0 Å². The number of carbonyl (C=O) groups excluding carboxylic acids is 1. The maximum Gasteiger partial charge on any atom is 0.408 e. The summed E-state index contributed by atoms with van der Waals surface area (Å²) in [6.45, 7) is 2.43. The summed E-state index contributed by atoms with van der Waals surface area (Å²) in [6.07, 6.45) is 2.67. The Labute approximate surface area is 84.6 Å². The smallest absolute Gasteiger partial charge is 0.408 e. The number of alkyl carbamates (subject to hydrolysis) is 1. The zero-order valence-electron chi connectivity index (χ0n) is 8.66. The largest absolute Gasteiger partial charge is 0.431 e. The van der Waals surface area contributed by atoms with Crippen LogP contribution < -0.4 is 11.1 Å². The molecule has 0 aromatic heterocycles. The molecule has 1 atom stereocenters. The zero-order chi connectivity index (χ0) is 10.8. The predicted molar refractivity (Wildman–Crippen MR) is 53.7 cm³/mol. The molecule has 0 spiro atoms. The van der Waals surface area contributed by atoms with E-state index < -0.39 is 12.3 Å². The van der Waals surface area contributed by atoms with E-state index in [2.05, 4.69) is 10.1 Å². The first-order chi connectivity index (χ1) is 6.66. The molecule has 0 rings (SSSR count). The highest BCUT2D eigenvalue weighted by Gasteiger charge is 2.02. The Balaban J connectivity index is 3.15. The number of hydrogen-bond acceptors (Lipinski definition) is 4. The predicted octanol–water partition coefficient (Wildman–Crippen LogP) is 0.570. The lowest BCUT2D eigenvalue weighted by Gasteiger charge is -2.08. The summed E-state index contributed by atoms with van der Waals surface area (Å²) >= 11 is 0. The van der Waals surface area contributed by atoms with Crippen molar-refractivity contribution in [3.8, 4) is 0 Å². The van der Waals surface area contributed by atoms with Crippen molar-refractivity contribution in [2.24, 2.45) is 5.73 Å². The molecule has 0 aliphatic rings. The molecule has 1 amide bonds. The first kappa shape index (κ1) is 13.2. The Hall–Kier alpha value is -0.810. The van der Waals surface area contributed by atoms with E-state index in [1.807, 2.05) is 0 Å². The van der Waals surface area contributed by atoms with Gasteiger partial charge in [0.15, 0.2) is 0 Å². The lowest BCUT2D eigenvalue weighted by atomic mass is 10.2. The second-order valence-corrected chi connectivity index (χ2v) is 3.18. The monoisotopic (exact) mass is 204 g/mol. The number of nitrogens with one attached hydrogen (secondary N) is 1. The second-order valence-electron chi connectivity index (χ2n) is 3.18. The van der Waals surface area contributed by atoms with Gasteiger partial charge in [0.05, 0.1) is 0 Å². The first-order valence-corrected chi connectivity index (χ1v) is 4.97.